The van der Waals surface area contributed by atoms with Crippen LogP contribution in [0, 0.1) is 13.8 Å². The molecule has 0 spiro atoms. The van der Waals surface area contributed by atoms with Gasteiger partial charge in [0.05, 0.1) is 18.6 Å². The van der Waals surface area contributed by atoms with Crippen LogP contribution in [-0.2, 0) is 4.79 Å². The summed E-state index contributed by atoms with van der Waals surface area (Å²) in [5.41, 5.74) is 0.933. The number of carbonyl (C=O) groups excluding carboxylic acids is 1. The topological polar surface area (TPSA) is 91.2 Å². The molecule has 0 radical (unpaired) electrons. The number of anilines is 1. The molecule has 0 bridgehead atoms. The Labute approximate surface area is 190 Å². The number of aromatic nitrogens is 4. The fourth-order valence-electron chi connectivity index (χ4n) is 2.89. The van der Waals surface area contributed by atoms with Crippen molar-refractivity contribution < 1.29 is 14.3 Å². The van der Waals surface area contributed by atoms with Crippen molar-refractivity contribution in [2.75, 3.05) is 18.2 Å². The Morgan fingerprint density at radius 1 is 1.23 bits per heavy atom. The highest BCUT2D eigenvalue weighted by molar-refractivity contribution is 7.99. The van der Waals surface area contributed by atoms with Crippen LogP contribution < -0.4 is 14.8 Å². The number of aryl methyl sites for hydroxylation is 2. The predicted molar refractivity (Wildman–Crippen MR) is 123 cm³/mol. The van der Waals surface area contributed by atoms with Crippen molar-refractivity contribution in [3.63, 3.8) is 0 Å². The van der Waals surface area contributed by atoms with Crippen molar-refractivity contribution in [3.8, 4) is 11.5 Å². The summed E-state index contributed by atoms with van der Waals surface area (Å²) >= 11 is 2.82. The first-order valence-corrected chi connectivity index (χ1v) is 11.7. The molecule has 0 aliphatic carbocycles. The summed E-state index contributed by atoms with van der Waals surface area (Å²) in [7, 11) is 1.62. The number of benzene rings is 1. The van der Waals surface area contributed by atoms with Crippen LogP contribution in [0.4, 0.5) is 5.13 Å². The number of hydrogen-bond donors (Lipinski definition) is 1. The zero-order chi connectivity index (χ0) is 22.5. The first kappa shape index (κ1) is 23.1. The number of rotatable bonds is 9. The first-order chi connectivity index (χ1) is 14.8. The second kappa shape index (κ2) is 10.1. The minimum atomic E-state index is -0.327. The Balaban J connectivity index is 1.68. The van der Waals surface area contributed by atoms with Crippen LogP contribution in [0.15, 0.2) is 29.4 Å². The number of thioether (sulfide) groups is 1. The lowest BCUT2D eigenvalue weighted by molar-refractivity contribution is -0.113. The Morgan fingerprint density at radius 2 is 1.97 bits per heavy atom. The molecule has 1 N–H and O–H groups in total. The van der Waals surface area contributed by atoms with Crippen LogP contribution >= 0.6 is 23.1 Å². The van der Waals surface area contributed by atoms with Crippen molar-refractivity contribution in [3.05, 3.63) is 40.7 Å². The summed E-state index contributed by atoms with van der Waals surface area (Å²) in [5.74, 6) is 2.20. The molecule has 8 nitrogen and oxygen atoms in total. The smallest absolute Gasteiger partial charge is 0.236 e. The number of carbonyl (C=O) groups is 1. The highest BCUT2D eigenvalue weighted by Crippen LogP contribution is 2.29. The zero-order valence-corrected chi connectivity index (χ0v) is 20.1. The maximum atomic E-state index is 12.4. The Bertz CT molecular complexity index is 1030. The third kappa shape index (κ3) is 5.76. The second-order valence-corrected chi connectivity index (χ2v) is 9.39. The van der Waals surface area contributed by atoms with E-state index in [9.17, 15) is 4.79 Å². The minimum Gasteiger partial charge on any atom is -0.497 e. The van der Waals surface area contributed by atoms with Gasteiger partial charge in [-0.2, -0.15) is 0 Å². The molecule has 166 valence electrons. The summed E-state index contributed by atoms with van der Waals surface area (Å²) in [6, 6.07) is 7.55. The summed E-state index contributed by atoms with van der Waals surface area (Å²) < 4.78 is 13.3. The second-order valence-electron chi connectivity index (χ2n) is 7.24. The SMILES string of the molecule is COc1cccc(OC(C)c2nnc(SCC(=O)Nc3nc(C)c(C)s3)n2C(C)C)c1. The molecule has 2 aromatic heterocycles. The van der Waals surface area contributed by atoms with Gasteiger partial charge in [-0.15, -0.1) is 21.5 Å². The Hall–Kier alpha value is -2.59. The van der Waals surface area contributed by atoms with E-state index in [2.05, 4.69) is 34.3 Å². The van der Waals surface area contributed by atoms with Crippen LogP contribution in [0.5, 0.6) is 11.5 Å². The van der Waals surface area contributed by atoms with Gasteiger partial charge in [0.2, 0.25) is 5.91 Å². The number of nitrogens with zero attached hydrogens (tertiary/aromatic N) is 4. The summed E-state index contributed by atoms with van der Waals surface area (Å²) in [5, 5.41) is 12.8. The van der Waals surface area contributed by atoms with Gasteiger partial charge in [-0.1, -0.05) is 17.8 Å². The lowest BCUT2D eigenvalue weighted by atomic mass is 10.3. The molecule has 0 saturated carbocycles. The van der Waals surface area contributed by atoms with E-state index in [-0.39, 0.29) is 23.8 Å². The largest absolute Gasteiger partial charge is 0.497 e. The molecule has 3 rings (SSSR count). The maximum Gasteiger partial charge on any atom is 0.236 e. The van der Waals surface area contributed by atoms with Crippen LogP contribution in [0.1, 0.15) is 49.3 Å². The molecule has 10 heteroatoms. The minimum absolute atomic E-state index is 0.108. The van der Waals surface area contributed by atoms with E-state index in [1.807, 2.05) is 49.6 Å². The van der Waals surface area contributed by atoms with Gasteiger partial charge in [0, 0.05) is 17.0 Å². The van der Waals surface area contributed by atoms with E-state index >= 15 is 0 Å². The number of thiazole rings is 1. The average molecular weight is 462 g/mol. The number of methoxy groups -OCH3 is 1. The fourth-order valence-corrected chi connectivity index (χ4v) is 4.60. The maximum absolute atomic E-state index is 12.4. The van der Waals surface area contributed by atoms with Crippen molar-refractivity contribution in [2.24, 2.45) is 0 Å². The number of ether oxygens (including phenoxy) is 2. The van der Waals surface area contributed by atoms with Crippen molar-refractivity contribution >= 4 is 34.1 Å². The molecular weight excluding hydrogens is 434 g/mol. The molecular formula is C21H27N5O3S2. The monoisotopic (exact) mass is 461 g/mol. The van der Waals surface area contributed by atoms with Crippen molar-refractivity contribution in [2.45, 2.75) is 51.9 Å². The van der Waals surface area contributed by atoms with Crippen LogP contribution in [0.3, 0.4) is 0 Å². The highest BCUT2D eigenvalue weighted by Gasteiger charge is 2.22. The van der Waals surface area contributed by atoms with Gasteiger partial charge in [0.15, 0.2) is 22.2 Å². The standard InChI is InChI=1S/C21H27N5O3S2/c1-12(2)26-19(14(4)29-17-9-7-8-16(10-17)28-6)24-25-21(26)30-11-18(27)23-20-22-13(3)15(5)31-20/h7-10,12,14H,11H2,1-6H3,(H,22,23,27). The number of hydrogen-bond acceptors (Lipinski definition) is 8. The molecule has 0 aliphatic heterocycles. The van der Waals surface area contributed by atoms with Gasteiger partial charge in [-0.05, 0) is 46.8 Å². The van der Waals surface area contributed by atoms with E-state index in [0.29, 0.717) is 21.9 Å². The van der Waals surface area contributed by atoms with Crippen LogP contribution in [0.2, 0.25) is 0 Å². The van der Waals surface area contributed by atoms with Crippen molar-refractivity contribution in [1.82, 2.24) is 19.7 Å². The highest BCUT2D eigenvalue weighted by atomic mass is 32.2. The first-order valence-electron chi connectivity index (χ1n) is 9.90. The lowest BCUT2D eigenvalue weighted by Gasteiger charge is -2.19. The Kier molecular flexibility index (Phi) is 7.55. The number of nitrogens with one attached hydrogen (secondary N) is 1. The molecule has 0 fully saturated rings. The van der Waals surface area contributed by atoms with Gasteiger partial charge in [-0.3, -0.25) is 4.79 Å². The average Bonchev–Trinajstić information content (AvgIpc) is 3.29. The van der Waals surface area contributed by atoms with Gasteiger partial charge in [0.25, 0.3) is 0 Å². The van der Waals surface area contributed by atoms with E-state index < -0.39 is 0 Å². The summed E-state index contributed by atoms with van der Waals surface area (Å²) in [6.45, 7) is 9.94. The molecule has 1 aromatic carbocycles. The van der Waals surface area contributed by atoms with E-state index in [0.717, 1.165) is 16.3 Å². The van der Waals surface area contributed by atoms with E-state index in [1.165, 1.54) is 23.1 Å². The molecule has 0 saturated heterocycles. The molecule has 31 heavy (non-hydrogen) atoms. The van der Waals surface area contributed by atoms with E-state index in [4.69, 9.17) is 9.47 Å². The van der Waals surface area contributed by atoms with Crippen molar-refractivity contribution in [1.29, 1.82) is 0 Å². The molecule has 1 unspecified atom stereocenters. The van der Waals surface area contributed by atoms with Gasteiger partial charge in [-0.25, -0.2) is 4.98 Å². The zero-order valence-electron chi connectivity index (χ0n) is 18.5. The van der Waals surface area contributed by atoms with Gasteiger partial charge in [0.1, 0.15) is 11.5 Å². The normalized spacial score (nSPS) is 12.1. The van der Waals surface area contributed by atoms with Crippen LogP contribution in [0.25, 0.3) is 0 Å². The molecule has 0 aliphatic rings. The molecule has 1 atom stereocenters. The van der Waals surface area contributed by atoms with Gasteiger partial charge < -0.3 is 19.4 Å². The Morgan fingerprint density at radius 3 is 2.61 bits per heavy atom. The quantitative estimate of drug-likeness (QED) is 0.457. The third-order valence-electron chi connectivity index (χ3n) is 4.53. The molecule has 1 amide bonds. The number of amides is 1. The summed E-state index contributed by atoms with van der Waals surface area (Å²) in [6.07, 6.45) is -0.327. The van der Waals surface area contributed by atoms with E-state index in [1.54, 1.807) is 7.11 Å². The summed E-state index contributed by atoms with van der Waals surface area (Å²) in [4.78, 5) is 17.8. The molecule has 2 heterocycles. The molecule has 3 aromatic rings. The van der Waals surface area contributed by atoms with Crippen LogP contribution in [-0.4, -0.2) is 38.5 Å². The van der Waals surface area contributed by atoms with Gasteiger partial charge >= 0.3 is 0 Å². The predicted octanol–water partition coefficient (Wildman–Crippen LogP) is 4.81. The lowest BCUT2D eigenvalue weighted by Crippen LogP contribution is -2.16. The fraction of sp³-hybridized carbons (Fsp3) is 0.429. The third-order valence-corrected chi connectivity index (χ3v) is 6.46.